The van der Waals surface area contributed by atoms with Crippen molar-refractivity contribution >= 4 is 5.69 Å². The van der Waals surface area contributed by atoms with Crippen LogP contribution in [0, 0.1) is 18.7 Å². The monoisotopic (exact) mass is 277 g/mol. The van der Waals surface area contributed by atoms with Crippen LogP contribution in [-0.4, -0.2) is 33.4 Å². The number of tetrazole rings is 1. The first-order valence-corrected chi connectivity index (χ1v) is 6.55. The lowest BCUT2D eigenvalue weighted by atomic mass is 10.1. The summed E-state index contributed by atoms with van der Waals surface area (Å²) >= 11 is 0. The molecule has 1 unspecified atom stereocenters. The highest BCUT2D eigenvalue weighted by Crippen LogP contribution is 2.25. The second-order valence-electron chi connectivity index (χ2n) is 5.09. The van der Waals surface area contributed by atoms with Crippen molar-refractivity contribution in [2.75, 3.05) is 18.9 Å². The fourth-order valence-corrected chi connectivity index (χ4v) is 2.34. The van der Waals surface area contributed by atoms with E-state index < -0.39 is 0 Å². The number of nitrogens with two attached hydrogens (primary N) is 1. The summed E-state index contributed by atoms with van der Waals surface area (Å²) < 4.78 is 20.8. The van der Waals surface area contributed by atoms with Gasteiger partial charge in [0.25, 0.3) is 0 Å². The fourth-order valence-electron chi connectivity index (χ4n) is 2.34. The van der Waals surface area contributed by atoms with E-state index in [2.05, 4.69) is 15.5 Å². The van der Waals surface area contributed by atoms with Gasteiger partial charge in [0.1, 0.15) is 5.82 Å². The van der Waals surface area contributed by atoms with E-state index >= 15 is 0 Å². The van der Waals surface area contributed by atoms with Crippen LogP contribution in [0.25, 0.3) is 11.4 Å². The Morgan fingerprint density at radius 3 is 3.05 bits per heavy atom. The molecule has 20 heavy (non-hydrogen) atoms. The molecule has 1 aliphatic heterocycles. The third-order valence-electron chi connectivity index (χ3n) is 3.63. The number of rotatable bonds is 3. The largest absolute Gasteiger partial charge is 0.398 e. The molecular weight excluding hydrogens is 261 g/mol. The molecule has 1 saturated heterocycles. The van der Waals surface area contributed by atoms with Crippen LogP contribution in [0.15, 0.2) is 12.1 Å². The van der Waals surface area contributed by atoms with Crippen LogP contribution in [0.4, 0.5) is 10.1 Å². The summed E-state index contributed by atoms with van der Waals surface area (Å²) in [7, 11) is 0. The highest BCUT2D eigenvalue weighted by molar-refractivity contribution is 5.63. The van der Waals surface area contributed by atoms with E-state index in [1.165, 1.54) is 6.07 Å². The standard InChI is InChI=1S/C13H16FN5O/c1-8-11(14)4-10(5-12(8)15)13-16-17-18-19(13)6-9-2-3-20-7-9/h4-5,9H,2-3,6-7,15H2,1H3. The maximum Gasteiger partial charge on any atom is 0.182 e. The van der Waals surface area contributed by atoms with Crippen LogP contribution in [0.5, 0.6) is 0 Å². The van der Waals surface area contributed by atoms with E-state index in [4.69, 9.17) is 10.5 Å². The number of nitrogens with zero attached hydrogens (tertiary/aromatic N) is 4. The summed E-state index contributed by atoms with van der Waals surface area (Å²) in [4.78, 5) is 0. The normalized spacial score (nSPS) is 18.6. The third kappa shape index (κ3) is 2.36. The van der Waals surface area contributed by atoms with Crippen LogP contribution >= 0.6 is 0 Å². The number of anilines is 1. The molecular formula is C13H16FN5O. The SMILES string of the molecule is Cc1c(N)cc(-c2nnnn2CC2CCOC2)cc1F. The van der Waals surface area contributed by atoms with Crippen molar-refractivity contribution in [3.8, 4) is 11.4 Å². The molecule has 2 aromatic rings. The third-order valence-corrected chi connectivity index (χ3v) is 3.63. The van der Waals surface area contributed by atoms with Gasteiger partial charge in [0.2, 0.25) is 0 Å². The number of ether oxygens (including phenoxy) is 1. The number of hydrogen-bond donors (Lipinski definition) is 1. The number of aromatic nitrogens is 4. The van der Waals surface area contributed by atoms with Crippen molar-refractivity contribution in [2.45, 2.75) is 19.9 Å². The van der Waals surface area contributed by atoms with Crippen LogP contribution in [0.1, 0.15) is 12.0 Å². The lowest BCUT2D eigenvalue weighted by Crippen LogP contribution is -2.13. The summed E-state index contributed by atoms with van der Waals surface area (Å²) in [5.74, 6) is 0.575. The molecule has 106 valence electrons. The average Bonchev–Trinajstić information content (AvgIpc) is 3.07. The Hall–Kier alpha value is -2.02. The van der Waals surface area contributed by atoms with E-state index in [1.807, 2.05) is 0 Å². The van der Waals surface area contributed by atoms with Crippen LogP contribution in [0.3, 0.4) is 0 Å². The molecule has 0 radical (unpaired) electrons. The Kier molecular flexibility index (Phi) is 3.35. The summed E-state index contributed by atoms with van der Waals surface area (Å²) in [6.07, 6.45) is 0.990. The van der Waals surface area contributed by atoms with Gasteiger partial charge in [0.15, 0.2) is 5.82 Å². The zero-order valence-corrected chi connectivity index (χ0v) is 11.2. The van der Waals surface area contributed by atoms with Gasteiger partial charge in [-0.2, -0.15) is 0 Å². The Labute approximate surface area is 115 Å². The first kappa shape index (κ1) is 13.0. The minimum Gasteiger partial charge on any atom is -0.398 e. The van der Waals surface area contributed by atoms with E-state index in [9.17, 15) is 4.39 Å². The Balaban J connectivity index is 1.92. The maximum absolute atomic E-state index is 13.8. The van der Waals surface area contributed by atoms with Gasteiger partial charge in [0.05, 0.1) is 13.2 Å². The average molecular weight is 277 g/mol. The van der Waals surface area contributed by atoms with Crippen LogP contribution < -0.4 is 5.73 Å². The van der Waals surface area contributed by atoms with Crippen molar-refractivity contribution in [3.63, 3.8) is 0 Å². The van der Waals surface area contributed by atoms with E-state index in [-0.39, 0.29) is 5.82 Å². The number of benzene rings is 1. The van der Waals surface area contributed by atoms with E-state index in [1.54, 1.807) is 17.7 Å². The zero-order valence-electron chi connectivity index (χ0n) is 11.2. The molecule has 6 nitrogen and oxygen atoms in total. The number of halogens is 1. The summed E-state index contributed by atoms with van der Waals surface area (Å²) in [5, 5.41) is 11.6. The minimum atomic E-state index is -0.348. The molecule has 2 N–H and O–H groups in total. The Bertz CT molecular complexity index is 598. The first-order chi connectivity index (χ1) is 9.65. The van der Waals surface area contributed by atoms with Gasteiger partial charge in [-0.15, -0.1) is 5.10 Å². The van der Waals surface area contributed by atoms with E-state index in [0.717, 1.165) is 13.0 Å². The van der Waals surface area contributed by atoms with Gasteiger partial charge in [0, 0.05) is 29.3 Å². The predicted molar refractivity (Wildman–Crippen MR) is 71.3 cm³/mol. The van der Waals surface area contributed by atoms with Crippen molar-refractivity contribution in [3.05, 3.63) is 23.5 Å². The van der Waals surface area contributed by atoms with Gasteiger partial charge >= 0.3 is 0 Å². The molecule has 1 aromatic carbocycles. The highest BCUT2D eigenvalue weighted by Gasteiger charge is 2.20. The van der Waals surface area contributed by atoms with E-state index in [0.29, 0.717) is 41.7 Å². The molecule has 1 atom stereocenters. The van der Waals surface area contributed by atoms with Crippen LogP contribution in [-0.2, 0) is 11.3 Å². The quantitative estimate of drug-likeness (QED) is 0.858. The van der Waals surface area contributed by atoms with Crippen molar-refractivity contribution in [2.24, 2.45) is 5.92 Å². The maximum atomic E-state index is 13.8. The zero-order chi connectivity index (χ0) is 14.1. The first-order valence-electron chi connectivity index (χ1n) is 6.55. The van der Waals surface area contributed by atoms with Crippen molar-refractivity contribution < 1.29 is 9.13 Å². The molecule has 0 bridgehead atoms. The minimum absolute atomic E-state index is 0.348. The van der Waals surface area contributed by atoms with Crippen molar-refractivity contribution in [1.82, 2.24) is 20.2 Å². The molecule has 0 aliphatic carbocycles. The highest BCUT2D eigenvalue weighted by atomic mass is 19.1. The van der Waals surface area contributed by atoms with Gasteiger partial charge in [-0.1, -0.05) is 0 Å². The number of hydrogen-bond acceptors (Lipinski definition) is 5. The Morgan fingerprint density at radius 2 is 2.35 bits per heavy atom. The molecule has 7 heteroatoms. The summed E-state index contributed by atoms with van der Waals surface area (Å²) in [6.45, 7) is 3.79. The smallest absolute Gasteiger partial charge is 0.182 e. The summed E-state index contributed by atoms with van der Waals surface area (Å²) in [5.41, 5.74) is 7.24. The Morgan fingerprint density at radius 1 is 1.50 bits per heavy atom. The van der Waals surface area contributed by atoms with Gasteiger partial charge < -0.3 is 10.5 Å². The van der Waals surface area contributed by atoms with Gasteiger partial charge in [-0.05, 0) is 35.9 Å². The second-order valence-corrected chi connectivity index (χ2v) is 5.09. The van der Waals surface area contributed by atoms with Gasteiger partial charge in [-0.3, -0.25) is 0 Å². The fraction of sp³-hybridized carbons (Fsp3) is 0.462. The number of nitrogen functional groups attached to an aromatic ring is 1. The van der Waals surface area contributed by atoms with Crippen LogP contribution in [0.2, 0.25) is 0 Å². The molecule has 2 heterocycles. The lowest BCUT2D eigenvalue weighted by Gasteiger charge is -2.10. The topological polar surface area (TPSA) is 78.9 Å². The molecule has 1 fully saturated rings. The van der Waals surface area contributed by atoms with Gasteiger partial charge in [-0.25, -0.2) is 9.07 Å². The van der Waals surface area contributed by atoms with Crippen molar-refractivity contribution in [1.29, 1.82) is 0 Å². The summed E-state index contributed by atoms with van der Waals surface area (Å²) in [6, 6.07) is 3.12. The molecule has 0 amide bonds. The molecule has 3 rings (SSSR count). The lowest BCUT2D eigenvalue weighted by molar-refractivity contribution is 0.181. The predicted octanol–water partition coefficient (Wildman–Crippen LogP) is 1.41. The second kappa shape index (κ2) is 5.16. The molecule has 0 spiro atoms. The molecule has 1 aromatic heterocycles. The molecule has 1 aliphatic rings. The molecule has 0 saturated carbocycles.